The van der Waals surface area contributed by atoms with Crippen LogP contribution < -0.4 is 4.74 Å². The summed E-state index contributed by atoms with van der Waals surface area (Å²) in [5.74, 6) is -1.70. The Morgan fingerprint density at radius 2 is 1.13 bits per heavy atom. The number of hydrogen-bond acceptors (Lipinski definition) is 8. The maximum absolute atomic E-state index is 12.2. The SMILES string of the molecule is C=C(C)C(=O)OCC(COC(=O)C(=C)C)(COC(=O)C(=C)CO)COc1ccc(-c2ccc(C)cc2)cc1. The Balaban J connectivity index is 2.29. The second kappa shape index (κ2) is 13.9. The van der Waals surface area contributed by atoms with Gasteiger partial charge in [0.25, 0.3) is 0 Å². The van der Waals surface area contributed by atoms with E-state index >= 15 is 0 Å². The predicted octanol–water partition coefficient (Wildman–Crippen LogP) is 4.36. The van der Waals surface area contributed by atoms with Crippen molar-refractivity contribution in [3.63, 3.8) is 0 Å². The Morgan fingerprint density at radius 1 is 0.711 bits per heavy atom. The molecule has 38 heavy (non-hydrogen) atoms. The molecule has 1 N–H and O–H groups in total. The maximum atomic E-state index is 12.2. The molecule has 0 unspecified atom stereocenters. The topological polar surface area (TPSA) is 108 Å². The maximum Gasteiger partial charge on any atom is 0.335 e. The van der Waals surface area contributed by atoms with Crippen LogP contribution in [0, 0.1) is 12.3 Å². The van der Waals surface area contributed by atoms with Gasteiger partial charge in [-0.1, -0.05) is 61.7 Å². The minimum atomic E-state index is -1.29. The lowest BCUT2D eigenvalue weighted by molar-refractivity contribution is -0.159. The second-order valence-electron chi connectivity index (χ2n) is 9.23. The van der Waals surface area contributed by atoms with Gasteiger partial charge in [0.2, 0.25) is 0 Å². The fourth-order valence-corrected chi connectivity index (χ4v) is 3.04. The quantitative estimate of drug-likeness (QED) is 0.222. The van der Waals surface area contributed by atoms with Crippen LogP contribution in [0.1, 0.15) is 19.4 Å². The van der Waals surface area contributed by atoms with Crippen molar-refractivity contribution in [2.75, 3.05) is 33.0 Å². The minimum absolute atomic E-state index is 0.150. The number of ether oxygens (including phenoxy) is 4. The van der Waals surface area contributed by atoms with Gasteiger partial charge >= 0.3 is 17.9 Å². The number of aryl methyl sites for hydroxylation is 1. The Hall–Kier alpha value is -4.17. The first kappa shape index (κ1) is 30.1. The molecule has 0 saturated carbocycles. The van der Waals surface area contributed by atoms with Gasteiger partial charge in [0.1, 0.15) is 37.6 Å². The monoisotopic (exact) mass is 522 g/mol. The lowest BCUT2D eigenvalue weighted by Crippen LogP contribution is -2.44. The van der Waals surface area contributed by atoms with Crippen molar-refractivity contribution >= 4 is 17.9 Å². The van der Waals surface area contributed by atoms with Crippen molar-refractivity contribution in [1.82, 2.24) is 0 Å². The number of aliphatic hydroxyl groups excluding tert-OH is 1. The number of carbonyl (C=O) groups is 3. The molecule has 202 valence electrons. The number of carbonyl (C=O) groups excluding carboxylic acids is 3. The van der Waals surface area contributed by atoms with Crippen LogP contribution in [-0.4, -0.2) is 56.0 Å². The fourth-order valence-electron chi connectivity index (χ4n) is 3.04. The third kappa shape index (κ3) is 9.05. The molecular formula is C30H34O8. The molecule has 0 aromatic heterocycles. The zero-order valence-electron chi connectivity index (χ0n) is 22.1. The van der Waals surface area contributed by atoms with Crippen molar-refractivity contribution in [2.24, 2.45) is 5.41 Å². The van der Waals surface area contributed by atoms with Crippen molar-refractivity contribution in [2.45, 2.75) is 20.8 Å². The van der Waals surface area contributed by atoms with E-state index in [0.717, 1.165) is 16.7 Å². The molecule has 8 nitrogen and oxygen atoms in total. The molecule has 2 rings (SSSR count). The second-order valence-corrected chi connectivity index (χ2v) is 9.23. The normalized spacial score (nSPS) is 10.7. The van der Waals surface area contributed by atoms with E-state index in [0.29, 0.717) is 5.75 Å². The molecule has 2 aromatic carbocycles. The van der Waals surface area contributed by atoms with E-state index in [4.69, 9.17) is 18.9 Å². The number of aliphatic hydroxyl groups is 1. The summed E-state index contributed by atoms with van der Waals surface area (Å²) in [6, 6.07) is 15.5. The van der Waals surface area contributed by atoms with E-state index < -0.39 is 29.9 Å². The van der Waals surface area contributed by atoms with Crippen LogP contribution in [0.2, 0.25) is 0 Å². The molecular weight excluding hydrogens is 488 g/mol. The molecule has 2 aromatic rings. The van der Waals surface area contributed by atoms with Crippen LogP contribution in [0.5, 0.6) is 5.75 Å². The van der Waals surface area contributed by atoms with Crippen LogP contribution in [0.3, 0.4) is 0 Å². The summed E-state index contributed by atoms with van der Waals surface area (Å²) < 4.78 is 22.0. The van der Waals surface area contributed by atoms with Gasteiger partial charge in [-0.25, -0.2) is 14.4 Å². The van der Waals surface area contributed by atoms with E-state index in [2.05, 4.69) is 19.7 Å². The van der Waals surface area contributed by atoms with Crippen LogP contribution in [0.15, 0.2) is 85.0 Å². The van der Waals surface area contributed by atoms with Gasteiger partial charge in [-0.05, 0) is 44.0 Å². The van der Waals surface area contributed by atoms with Crippen LogP contribution in [0.25, 0.3) is 11.1 Å². The highest BCUT2D eigenvalue weighted by Gasteiger charge is 2.37. The summed E-state index contributed by atoms with van der Waals surface area (Å²) >= 11 is 0. The van der Waals surface area contributed by atoms with Gasteiger partial charge in [-0.3, -0.25) is 0 Å². The zero-order chi connectivity index (χ0) is 28.3. The predicted molar refractivity (Wildman–Crippen MR) is 143 cm³/mol. The molecule has 0 bridgehead atoms. The van der Waals surface area contributed by atoms with Crippen LogP contribution in [0.4, 0.5) is 0 Å². The summed E-state index contributed by atoms with van der Waals surface area (Å²) in [6.45, 7) is 13.8. The lowest BCUT2D eigenvalue weighted by Gasteiger charge is -2.32. The van der Waals surface area contributed by atoms with Gasteiger partial charge in [0.05, 0.1) is 12.2 Å². The van der Waals surface area contributed by atoms with E-state index in [9.17, 15) is 19.5 Å². The molecule has 0 aliphatic heterocycles. The molecule has 0 atom stereocenters. The molecule has 0 aliphatic rings. The summed E-state index contributed by atoms with van der Waals surface area (Å²) in [5.41, 5.74) is 2.07. The molecule has 0 aliphatic carbocycles. The smallest absolute Gasteiger partial charge is 0.335 e. The largest absolute Gasteiger partial charge is 0.493 e. The minimum Gasteiger partial charge on any atom is -0.493 e. The van der Waals surface area contributed by atoms with Crippen molar-refractivity contribution in [1.29, 1.82) is 0 Å². The highest BCUT2D eigenvalue weighted by molar-refractivity contribution is 5.88. The Morgan fingerprint density at radius 3 is 1.55 bits per heavy atom. The summed E-state index contributed by atoms with van der Waals surface area (Å²) in [5, 5.41) is 9.20. The van der Waals surface area contributed by atoms with Gasteiger partial charge in [-0.15, -0.1) is 0 Å². The third-order valence-electron chi connectivity index (χ3n) is 5.49. The van der Waals surface area contributed by atoms with E-state index in [1.54, 1.807) is 12.1 Å². The van der Waals surface area contributed by atoms with Crippen molar-refractivity contribution in [3.05, 3.63) is 90.6 Å². The highest BCUT2D eigenvalue weighted by atomic mass is 16.6. The molecule has 8 heteroatoms. The fraction of sp³-hybridized carbons (Fsp3) is 0.300. The van der Waals surface area contributed by atoms with Crippen molar-refractivity contribution < 1.29 is 38.4 Å². The highest BCUT2D eigenvalue weighted by Crippen LogP contribution is 2.26. The van der Waals surface area contributed by atoms with E-state index in [1.807, 2.05) is 43.3 Å². The molecule has 0 amide bonds. The third-order valence-corrected chi connectivity index (χ3v) is 5.49. The Bertz CT molecular complexity index is 1150. The molecule has 0 heterocycles. The van der Waals surface area contributed by atoms with Gasteiger partial charge < -0.3 is 24.1 Å². The first-order chi connectivity index (χ1) is 18.0. The standard InChI is InChI=1S/C30H34O8/c1-20(2)27(32)36-17-30(18-37-28(33)21(3)4,19-38-29(34)23(6)15-31)16-35-26-13-11-25(12-14-26)24-9-7-22(5)8-10-24/h7-14,31H,1,3,6,15-19H2,2,4-5H3. The molecule has 0 fully saturated rings. The Labute approximate surface area is 223 Å². The summed E-state index contributed by atoms with van der Waals surface area (Å²) in [7, 11) is 0. The molecule has 0 radical (unpaired) electrons. The molecule has 0 saturated heterocycles. The zero-order valence-corrected chi connectivity index (χ0v) is 22.1. The average molecular weight is 523 g/mol. The average Bonchev–Trinajstić information content (AvgIpc) is 2.91. The summed E-state index contributed by atoms with van der Waals surface area (Å²) in [6.07, 6.45) is 0. The lowest BCUT2D eigenvalue weighted by atomic mass is 9.92. The first-order valence-electron chi connectivity index (χ1n) is 11.9. The van der Waals surface area contributed by atoms with E-state index in [-0.39, 0.29) is 43.1 Å². The number of rotatable bonds is 14. The number of hydrogen-bond donors (Lipinski definition) is 1. The molecule has 0 spiro atoms. The first-order valence-corrected chi connectivity index (χ1v) is 11.9. The van der Waals surface area contributed by atoms with Crippen LogP contribution >= 0.6 is 0 Å². The van der Waals surface area contributed by atoms with Gasteiger partial charge in [0, 0.05) is 11.1 Å². The van der Waals surface area contributed by atoms with Gasteiger partial charge in [0.15, 0.2) is 0 Å². The van der Waals surface area contributed by atoms with Gasteiger partial charge in [-0.2, -0.15) is 0 Å². The van der Waals surface area contributed by atoms with Crippen LogP contribution in [-0.2, 0) is 28.6 Å². The van der Waals surface area contributed by atoms with Crippen molar-refractivity contribution in [3.8, 4) is 16.9 Å². The van der Waals surface area contributed by atoms with E-state index in [1.165, 1.54) is 13.8 Å². The number of esters is 3. The summed E-state index contributed by atoms with van der Waals surface area (Å²) in [4.78, 5) is 36.5. The number of benzene rings is 2. The Kier molecular flexibility index (Phi) is 11.0.